The molecule has 5 aliphatic rings. The van der Waals surface area contributed by atoms with Gasteiger partial charge in [0.25, 0.3) is 5.91 Å². The lowest BCUT2D eigenvalue weighted by atomic mass is 9.39. The number of amides is 1. The van der Waals surface area contributed by atoms with E-state index in [1.165, 1.54) is 24.0 Å². The summed E-state index contributed by atoms with van der Waals surface area (Å²) in [7, 11) is 1.84. The highest BCUT2D eigenvalue weighted by Crippen LogP contribution is 2.71. The molecule has 284 valence electrons. The number of thiazole rings is 1. The van der Waals surface area contributed by atoms with E-state index in [-0.39, 0.29) is 40.0 Å². The minimum atomic E-state index is -1.20. The van der Waals surface area contributed by atoms with Gasteiger partial charge in [-0.2, -0.15) is 5.26 Å². The second kappa shape index (κ2) is 13.5. The number of hydroxylamine groups is 1. The number of carbonyl (C=O) groups is 2. The number of carboxylic acids is 1. The normalized spacial score (nSPS) is 26.9. The van der Waals surface area contributed by atoms with Gasteiger partial charge in [-0.1, -0.05) is 37.3 Å². The predicted octanol–water partition coefficient (Wildman–Crippen LogP) is 7.32. The molecule has 9 rings (SSSR count). The van der Waals surface area contributed by atoms with Gasteiger partial charge in [-0.15, -0.1) is 0 Å². The van der Waals surface area contributed by atoms with E-state index in [2.05, 4.69) is 46.0 Å². The summed E-state index contributed by atoms with van der Waals surface area (Å²) >= 11 is 1.39. The van der Waals surface area contributed by atoms with Gasteiger partial charge in [0.1, 0.15) is 5.82 Å². The molecule has 2 atom stereocenters. The molecule has 1 amide bonds. The Kier molecular flexibility index (Phi) is 9.06. The third-order valence-electron chi connectivity index (χ3n) is 12.2. The highest BCUT2D eigenvalue weighted by molar-refractivity contribution is 7.22. The Hall–Kier alpha value is -5.16. The van der Waals surface area contributed by atoms with Gasteiger partial charge in [0.05, 0.1) is 27.5 Å². The summed E-state index contributed by atoms with van der Waals surface area (Å²) in [5.41, 5.74) is 7.80. The molecule has 4 saturated carbocycles. The summed E-state index contributed by atoms with van der Waals surface area (Å²) in [5.74, 6) is -1.09. The number of carbonyl (C=O) groups excluding carboxylic acids is 1. The predicted molar refractivity (Wildman–Crippen MR) is 213 cm³/mol. The molecule has 0 radical (unpaired) electrons. The second-order valence-electron chi connectivity index (χ2n) is 16.9. The van der Waals surface area contributed by atoms with E-state index in [1.54, 1.807) is 24.3 Å². The van der Waals surface area contributed by atoms with E-state index in [0.717, 1.165) is 53.6 Å². The first kappa shape index (κ1) is 36.8. The third kappa shape index (κ3) is 6.66. The first-order chi connectivity index (χ1) is 26.3. The van der Waals surface area contributed by atoms with Crippen molar-refractivity contribution in [2.45, 2.75) is 77.9 Å². The van der Waals surface area contributed by atoms with Crippen LogP contribution < -0.4 is 21.0 Å². The van der Waals surface area contributed by atoms with Crippen LogP contribution in [0.25, 0.3) is 15.8 Å². The van der Waals surface area contributed by atoms with Crippen LogP contribution in [0.2, 0.25) is 0 Å². The van der Waals surface area contributed by atoms with E-state index >= 15 is 0 Å². The van der Waals surface area contributed by atoms with Crippen LogP contribution in [0.4, 0.5) is 10.9 Å². The van der Waals surface area contributed by atoms with Crippen molar-refractivity contribution < 1.29 is 19.5 Å². The van der Waals surface area contributed by atoms with Crippen molar-refractivity contribution in [1.82, 2.24) is 20.8 Å². The molecule has 12 nitrogen and oxygen atoms in total. The summed E-state index contributed by atoms with van der Waals surface area (Å²) in [6, 6.07) is 16.8. The first-order valence-corrected chi connectivity index (χ1v) is 19.6. The van der Waals surface area contributed by atoms with Crippen molar-refractivity contribution in [3.63, 3.8) is 0 Å². The highest BCUT2D eigenvalue weighted by atomic mass is 32.1. The number of aromatic carboxylic acids is 1. The second-order valence-corrected chi connectivity index (χ2v) is 18.0. The number of pyridine rings is 1. The largest absolute Gasteiger partial charge is 0.476 e. The Balaban J connectivity index is 1.05. The summed E-state index contributed by atoms with van der Waals surface area (Å²) in [5, 5.41) is 35.8. The van der Waals surface area contributed by atoms with Gasteiger partial charge in [0, 0.05) is 55.3 Å². The summed E-state index contributed by atoms with van der Waals surface area (Å²) in [6.07, 6.45) is 8.10. The minimum Gasteiger partial charge on any atom is -0.476 e. The van der Waals surface area contributed by atoms with E-state index in [9.17, 15) is 20.0 Å². The van der Waals surface area contributed by atoms with E-state index in [4.69, 9.17) is 10.2 Å². The standard InChI is InChI=1S/C42H46N8O4S/c1-25(46-24-41-19-39(2)18-40(3,20-41)22-42(21-39,23-41)54-45-4)30(16-44)28-11-12-34(48-35(28)37(52)53)50-14-13-27-26(15-43)9-10-29(31(27)17-50)36(51)49-38-47-32-7-5-6-8-33(32)55-38/h5-12,16,44-46H,13-14,17-24H2,1-4H3,(H,52,53)(H,47,49,51)/b30-25+,44-16?. The number of nitrogens with one attached hydrogen (secondary N) is 4. The molecule has 2 aromatic heterocycles. The number of hydrogen-bond donors (Lipinski definition) is 5. The molecular formula is C42H46N8O4S. The van der Waals surface area contributed by atoms with E-state index in [1.807, 2.05) is 43.1 Å². The number of rotatable bonds is 11. The van der Waals surface area contributed by atoms with Crippen LogP contribution in [0.1, 0.15) is 102 Å². The molecule has 0 saturated heterocycles. The van der Waals surface area contributed by atoms with Crippen molar-refractivity contribution in [1.29, 1.82) is 10.7 Å². The number of para-hydroxylation sites is 1. The monoisotopic (exact) mass is 758 g/mol. The number of anilines is 2. The van der Waals surface area contributed by atoms with Crippen molar-refractivity contribution in [2.24, 2.45) is 16.2 Å². The Morgan fingerprint density at radius 2 is 1.76 bits per heavy atom. The van der Waals surface area contributed by atoms with Crippen molar-refractivity contribution in [3.05, 3.63) is 87.7 Å². The first-order valence-electron chi connectivity index (χ1n) is 18.8. The smallest absolute Gasteiger partial charge is 0.355 e. The highest BCUT2D eigenvalue weighted by Gasteiger charge is 2.66. The third-order valence-corrected chi connectivity index (χ3v) is 13.2. The Morgan fingerprint density at radius 1 is 1.02 bits per heavy atom. The van der Waals surface area contributed by atoms with Gasteiger partial charge >= 0.3 is 5.97 Å². The molecule has 4 aromatic rings. The number of hydrogen-bond acceptors (Lipinski definition) is 11. The Morgan fingerprint density at radius 3 is 2.45 bits per heavy atom. The molecule has 3 heterocycles. The van der Waals surface area contributed by atoms with Gasteiger partial charge in [0.2, 0.25) is 0 Å². The molecule has 1 aliphatic heterocycles. The van der Waals surface area contributed by atoms with Crippen LogP contribution in [0.5, 0.6) is 0 Å². The lowest BCUT2D eigenvalue weighted by molar-refractivity contribution is -0.260. The Bertz CT molecular complexity index is 2280. The maximum Gasteiger partial charge on any atom is 0.355 e. The average Bonchev–Trinajstić information content (AvgIpc) is 3.54. The summed E-state index contributed by atoms with van der Waals surface area (Å²) in [4.78, 5) is 43.9. The maximum absolute atomic E-state index is 13.7. The van der Waals surface area contributed by atoms with Gasteiger partial charge < -0.3 is 20.7 Å². The van der Waals surface area contributed by atoms with Gasteiger partial charge in [-0.25, -0.2) is 20.2 Å². The molecule has 2 unspecified atom stereocenters. The molecule has 55 heavy (non-hydrogen) atoms. The van der Waals surface area contributed by atoms with Crippen molar-refractivity contribution >= 4 is 56.2 Å². The van der Waals surface area contributed by atoms with Crippen LogP contribution in [0.15, 0.2) is 54.2 Å². The zero-order valence-corrected chi connectivity index (χ0v) is 32.5. The van der Waals surface area contributed by atoms with E-state index < -0.39 is 5.97 Å². The molecule has 5 N–H and O–H groups in total. The molecule has 2 aromatic carbocycles. The van der Waals surface area contributed by atoms with Crippen LogP contribution in [-0.2, 0) is 17.8 Å². The zero-order chi connectivity index (χ0) is 38.8. The fourth-order valence-corrected chi connectivity index (χ4v) is 12.3. The number of aromatic nitrogens is 2. The molecule has 13 heteroatoms. The average molecular weight is 759 g/mol. The maximum atomic E-state index is 13.7. The molecular weight excluding hydrogens is 713 g/mol. The van der Waals surface area contributed by atoms with Gasteiger partial charge in [0.15, 0.2) is 10.8 Å². The van der Waals surface area contributed by atoms with Gasteiger partial charge in [-0.3, -0.25) is 14.9 Å². The number of fused-ring (bicyclic) bond motifs is 2. The number of nitriles is 1. The topological polar surface area (TPSA) is 176 Å². The molecule has 4 aliphatic carbocycles. The van der Waals surface area contributed by atoms with Crippen LogP contribution in [0.3, 0.4) is 0 Å². The molecule has 4 bridgehead atoms. The Labute approximate surface area is 324 Å². The number of nitrogens with zero attached hydrogens (tertiary/aromatic N) is 4. The lowest BCUT2D eigenvalue weighted by Gasteiger charge is -2.69. The van der Waals surface area contributed by atoms with Crippen LogP contribution in [-0.4, -0.2) is 58.9 Å². The lowest BCUT2D eigenvalue weighted by Crippen LogP contribution is -2.66. The molecule has 4 fully saturated rings. The zero-order valence-electron chi connectivity index (χ0n) is 31.6. The summed E-state index contributed by atoms with van der Waals surface area (Å²) in [6.45, 7) is 8.13. The quantitative estimate of drug-likeness (QED) is 0.0770. The fourth-order valence-electron chi connectivity index (χ4n) is 11.4. The van der Waals surface area contributed by atoms with Gasteiger partial charge in [-0.05, 0) is 116 Å². The number of carboxylic acid groups (broad SMARTS) is 1. The fraction of sp³-hybridized carbons (Fsp3) is 0.429. The van der Waals surface area contributed by atoms with Crippen LogP contribution in [0, 0.1) is 33.0 Å². The van der Waals surface area contributed by atoms with Crippen LogP contribution >= 0.6 is 11.3 Å². The van der Waals surface area contributed by atoms with Crippen molar-refractivity contribution in [3.8, 4) is 6.07 Å². The summed E-state index contributed by atoms with van der Waals surface area (Å²) < 4.78 is 0.959. The van der Waals surface area contributed by atoms with E-state index in [0.29, 0.717) is 58.3 Å². The number of benzene rings is 2. The number of allylic oxidation sites excluding steroid dienone is 2. The van der Waals surface area contributed by atoms with Crippen molar-refractivity contribution in [2.75, 3.05) is 30.4 Å². The SMILES string of the molecule is CNOC12CC3(C)CC(C)(CC(CN/C(C)=C(\C=N)c4ccc(N5CCc6c(C#N)ccc(C(=O)Nc7nc8ccccc8s7)c6C5)nc4C(=O)O)(C3)C1)C2. The molecule has 0 spiro atoms. The minimum absolute atomic E-state index is 0.0152.